The Kier molecular flexibility index (Phi) is 3.50. The molecule has 1 fully saturated rings. The SMILES string of the molecule is CC1(C)CCC(COc2ccc(N)c(Cl)c2)O1. The summed E-state index contributed by atoms with van der Waals surface area (Å²) in [7, 11) is 0. The van der Waals surface area contributed by atoms with Gasteiger partial charge in [0.25, 0.3) is 0 Å². The maximum atomic E-state index is 5.92. The molecule has 1 heterocycles. The Morgan fingerprint density at radius 3 is 2.88 bits per heavy atom. The van der Waals surface area contributed by atoms with Crippen LogP contribution in [0, 0.1) is 0 Å². The third-order valence-corrected chi connectivity index (χ3v) is 3.29. The highest BCUT2D eigenvalue weighted by Gasteiger charge is 2.31. The zero-order valence-electron chi connectivity index (χ0n) is 10.2. The third-order valence-electron chi connectivity index (χ3n) is 2.96. The van der Waals surface area contributed by atoms with Gasteiger partial charge in [-0.15, -0.1) is 0 Å². The number of rotatable bonds is 3. The third kappa shape index (κ3) is 3.27. The van der Waals surface area contributed by atoms with Gasteiger partial charge >= 0.3 is 0 Å². The van der Waals surface area contributed by atoms with Crippen molar-refractivity contribution < 1.29 is 9.47 Å². The van der Waals surface area contributed by atoms with Crippen molar-refractivity contribution in [1.29, 1.82) is 0 Å². The summed E-state index contributed by atoms with van der Waals surface area (Å²) in [6, 6.07) is 5.30. The molecule has 0 amide bonds. The lowest BCUT2D eigenvalue weighted by molar-refractivity contribution is -0.0326. The predicted molar refractivity (Wildman–Crippen MR) is 69.5 cm³/mol. The summed E-state index contributed by atoms with van der Waals surface area (Å²) in [5.74, 6) is 0.734. The quantitative estimate of drug-likeness (QED) is 0.844. The van der Waals surface area contributed by atoms with Gasteiger partial charge in [0, 0.05) is 6.07 Å². The number of benzene rings is 1. The lowest BCUT2D eigenvalue weighted by Gasteiger charge is -2.19. The summed E-state index contributed by atoms with van der Waals surface area (Å²) < 4.78 is 11.5. The van der Waals surface area contributed by atoms with Crippen molar-refractivity contribution >= 4 is 17.3 Å². The van der Waals surface area contributed by atoms with Crippen LogP contribution >= 0.6 is 11.6 Å². The fraction of sp³-hybridized carbons (Fsp3) is 0.538. The van der Waals surface area contributed by atoms with Crippen LogP contribution in [0.1, 0.15) is 26.7 Å². The molecule has 1 aliphatic rings. The summed E-state index contributed by atoms with van der Waals surface area (Å²) >= 11 is 5.92. The second-order valence-corrected chi connectivity index (χ2v) is 5.44. The molecule has 0 radical (unpaired) electrons. The summed E-state index contributed by atoms with van der Waals surface area (Å²) in [5.41, 5.74) is 6.18. The Morgan fingerprint density at radius 1 is 1.53 bits per heavy atom. The molecule has 0 saturated carbocycles. The van der Waals surface area contributed by atoms with Gasteiger partial charge in [-0.05, 0) is 38.8 Å². The topological polar surface area (TPSA) is 44.5 Å². The second-order valence-electron chi connectivity index (χ2n) is 5.03. The van der Waals surface area contributed by atoms with Crippen LogP contribution in [0.4, 0.5) is 5.69 Å². The zero-order chi connectivity index (χ0) is 12.5. The van der Waals surface area contributed by atoms with E-state index in [0.717, 1.165) is 18.6 Å². The molecule has 2 rings (SSSR count). The molecule has 4 heteroatoms. The minimum atomic E-state index is -0.0210. The monoisotopic (exact) mass is 255 g/mol. The molecule has 1 unspecified atom stereocenters. The smallest absolute Gasteiger partial charge is 0.121 e. The average Bonchev–Trinajstić information content (AvgIpc) is 2.60. The molecule has 1 atom stereocenters. The van der Waals surface area contributed by atoms with E-state index in [9.17, 15) is 0 Å². The predicted octanol–water partition coefficient (Wildman–Crippen LogP) is 3.26. The van der Waals surface area contributed by atoms with Crippen LogP contribution in [0.5, 0.6) is 5.75 Å². The highest BCUT2D eigenvalue weighted by atomic mass is 35.5. The molecule has 0 spiro atoms. The highest BCUT2D eigenvalue weighted by Crippen LogP contribution is 2.30. The lowest BCUT2D eigenvalue weighted by Crippen LogP contribution is -2.23. The van der Waals surface area contributed by atoms with E-state index in [1.807, 2.05) is 6.07 Å². The maximum absolute atomic E-state index is 5.92. The molecule has 0 aliphatic carbocycles. The first kappa shape index (κ1) is 12.5. The maximum Gasteiger partial charge on any atom is 0.121 e. The van der Waals surface area contributed by atoms with Crippen LogP contribution in [0.3, 0.4) is 0 Å². The molecule has 3 nitrogen and oxygen atoms in total. The van der Waals surface area contributed by atoms with E-state index in [1.165, 1.54) is 0 Å². The van der Waals surface area contributed by atoms with Crippen LogP contribution in [0.15, 0.2) is 18.2 Å². The van der Waals surface area contributed by atoms with Crippen molar-refractivity contribution in [3.8, 4) is 5.75 Å². The van der Waals surface area contributed by atoms with Gasteiger partial charge < -0.3 is 15.2 Å². The molecular weight excluding hydrogens is 238 g/mol. The Hall–Kier alpha value is -0.930. The Bertz CT molecular complexity index is 406. The van der Waals surface area contributed by atoms with Gasteiger partial charge in [-0.1, -0.05) is 11.6 Å². The lowest BCUT2D eigenvalue weighted by atomic mass is 10.1. The van der Waals surface area contributed by atoms with Crippen molar-refractivity contribution in [3.05, 3.63) is 23.2 Å². The highest BCUT2D eigenvalue weighted by molar-refractivity contribution is 6.33. The van der Waals surface area contributed by atoms with E-state index < -0.39 is 0 Å². The first-order valence-corrected chi connectivity index (χ1v) is 6.20. The van der Waals surface area contributed by atoms with Crippen LogP contribution in [-0.2, 0) is 4.74 Å². The fourth-order valence-electron chi connectivity index (χ4n) is 1.98. The number of anilines is 1. The summed E-state index contributed by atoms with van der Waals surface area (Å²) in [6.45, 7) is 4.77. The van der Waals surface area contributed by atoms with E-state index in [2.05, 4.69) is 13.8 Å². The van der Waals surface area contributed by atoms with Crippen molar-refractivity contribution in [2.75, 3.05) is 12.3 Å². The van der Waals surface area contributed by atoms with E-state index in [1.54, 1.807) is 12.1 Å². The number of halogens is 1. The zero-order valence-corrected chi connectivity index (χ0v) is 11.0. The van der Waals surface area contributed by atoms with Gasteiger partial charge in [0.05, 0.1) is 22.4 Å². The summed E-state index contributed by atoms with van der Waals surface area (Å²) in [4.78, 5) is 0. The minimum absolute atomic E-state index is 0.0210. The van der Waals surface area contributed by atoms with E-state index in [-0.39, 0.29) is 11.7 Å². The Balaban J connectivity index is 1.88. The summed E-state index contributed by atoms with van der Waals surface area (Å²) in [5, 5.41) is 0.523. The van der Waals surface area contributed by atoms with Crippen molar-refractivity contribution in [2.45, 2.75) is 38.4 Å². The van der Waals surface area contributed by atoms with E-state index in [4.69, 9.17) is 26.8 Å². The Labute approximate surface area is 107 Å². The van der Waals surface area contributed by atoms with Crippen molar-refractivity contribution in [1.82, 2.24) is 0 Å². The number of hydrogen-bond acceptors (Lipinski definition) is 3. The first-order chi connectivity index (χ1) is 7.96. The Morgan fingerprint density at radius 2 is 2.29 bits per heavy atom. The van der Waals surface area contributed by atoms with Gasteiger partial charge in [-0.2, -0.15) is 0 Å². The first-order valence-electron chi connectivity index (χ1n) is 5.82. The van der Waals surface area contributed by atoms with Gasteiger partial charge in [0.2, 0.25) is 0 Å². The van der Waals surface area contributed by atoms with E-state index in [0.29, 0.717) is 17.3 Å². The number of ether oxygens (including phenoxy) is 2. The number of nitrogen functional groups attached to an aromatic ring is 1. The van der Waals surface area contributed by atoms with Crippen LogP contribution < -0.4 is 10.5 Å². The fourth-order valence-corrected chi connectivity index (χ4v) is 2.15. The molecule has 1 aromatic rings. The van der Waals surface area contributed by atoms with Crippen molar-refractivity contribution in [2.24, 2.45) is 0 Å². The van der Waals surface area contributed by atoms with Crippen LogP contribution in [-0.4, -0.2) is 18.3 Å². The van der Waals surface area contributed by atoms with Gasteiger partial charge in [0.15, 0.2) is 0 Å². The molecule has 1 saturated heterocycles. The van der Waals surface area contributed by atoms with E-state index >= 15 is 0 Å². The molecule has 1 aromatic carbocycles. The second kappa shape index (κ2) is 4.75. The largest absolute Gasteiger partial charge is 0.491 e. The van der Waals surface area contributed by atoms with Gasteiger partial charge in [-0.3, -0.25) is 0 Å². The molecule has 0 aromatic heterocycles. The molecule has 2 N–H and O–H groups in total. The minimum Gasteiger partial charge on any atom is -0.491 e. The van der Waals surface area contributed by atoms with Crippen LogP contribution in [0.2, 0.25) is 5.02 Å². The number of nitrogens with two attached hydrogens (primary N) is 1. The van der Waals surface area contributed by atoms with Crippen molar-refractivity contribution in [3.63, 3.8) is 0 Å². The molecule has 94 valence electrons. The molecule has 17 heavy (non-hydrogen) atoms. The molecule has 1 aliphatic heterocycles. The van der Waals surface area contributed by atoms with Gasteiger partial charge in [-0.25, -0.2) is 0 Å². The number of hydrogen-bond donors (Lipinski definition) is 1. The molecular formula is C13H18ClNO2. The standard InChI is InChI=1S/C13H18ClNO2/c1-13(2)6-5-10(17-13)8-16-9-3-4-12(15)11(14)7-9/h3-4,7,10H,5-6,8,15H2,1-2H3. The molecule has 0 bridgehead atoms. The normalized spacial score (nSPS) is 22.6. The summed E-state index contributed by atoms with van der Waals surface area (Å²) in [6.07, 6.45) is 2.28. The average molecular weight is 256 g/mol. The van der Waals surface area contributed by atoms with Crippen LogP contribution in [0.25, 0.3) is 0 Å². The van der Waals surface area contributed by atoms with Gasteiger partial charge in [0.1, 0.15) is 12.4 Å².